The van der Waals surface area contributed by atoms with E-state index in [1.807, 2.05) is 6.07 Å². The first-order chi connectivity index (χ1) is 6.91. The quantitative estimate of drug-likeness (QED) is 0.771. The molecule has 0 fully saturated rings. The number of nitrogens with zero attached hydrogens (tertiary/aromatic N) is 1. The molecule has 0 spiro atoms. The molecule has 0 aliphatic rings. The van der Waals surface area contributed by atoms with Crippen LogP contribution < -0.4 is 0 Å². The first-order valence-electron chi connectivity index (χ1n) is 4.08. The van der Waals surface area contributed by atoms with E-state index in [-0.39, 0.29) is 15.5 Å². The SMILES string of the molecule is CCc1c(S(=O)(=O)Cl)ccc(C#N)c1Cl. The third-order valence-corrected chi connectivity index (χ3v) is 3.78. The van der Waals surface area contributed by atoms with Gasteiger partial charge in [0.1, 0.15) is 6.07 Å². The molecule has 6 heteroatoms. The van der Waals surface area contributed by atoms with E-state index >= 15 is 0 Å². The summed E-state index contributed by atoms with van der Waals surface area (Å²) in [7, 11) is 1.43. The second kappa shape index (κ2) is 4.40. The number of benzene rings is 1. The lowest BCUT2D eigenvalue weighted by Gasteiger charge is -2.07. The highest BCUT2D eigenvalue weighted by Crippen LogP contribution is 2.29. The second-order valence-electron chi connectivity index (χ2n) is 2.81. The summed E-state index contributed by atoms with van der Waals surface area (Å²) in [6.07, 6.45) is 0.398. The van der Waals surface area contributed by atoms with Crippen molar-refractivity contribution in [3.05, 3.63) is 28.3 Å². The van der Waals surface area contributed by atoms with Gasteiger partial charge in [-0.1, -0.05) is 18.5 Å². The zero-order valence-corrected chi connectivity index (χ0v) is 10.1. The van der Waals surface area contributed by atoms with Crippen LogP contribution in [0.3, 0.4) is 0 Å². The van der Waals surface area contributed by atoms with Gasteiger partial charge in [-0.05, 0) is 24.1 Å². The zero-order chi connectivity index (χ0) is 11.6. The van der Waals surface area contributed by atoms with E-state index in [4.69, 9.17) is 27.5 Å². The predicted octanol–water partition coefficient (Wildman–Crippen LogP) is 2.70. The monoisotopic (exact) mass is 263 g/mol. The Morgan fingerprint density at radius 3 is 2.47 bits per heavy atom. The molecule has 1 aromatic rings. The first-order valence-corrected chi connectivity index (χ1v) is 6.76. The van der Waals surface area contributed by atoms with Crippen LogP contribution in [0, 0.1) is 11.3 Å². The van der Waals surface area contributed by atoms with E-state index in [0.29, 0.717) is 12.0 Å². The number of nitriles is 1. The molecular formula is C9H7Cl2NO2S. The van der Waals surface area contributed by atoms with Gasteiger partial charge in [-0.15, -0.1) is 0 Å². The van der Waals surface area contributed by atoms with Crippen molar-refractivity contribution >= 4 is 31.3 Å². The summed E-state index contributed by atoms with van der Waals surface area (Å²) in [6.45, 7) is 1.74. The van der Waals surface area contributed by atoms with Crippen LogP contribution in [0.4, 0.5) is 0 Å². The number of hydrogen-bond acceptors (Lipinski definition) is 3. The highest BCUT2D eigenvalue weighted by molar-refractivity contribution is 8.13. The Hall–Kier alpha value is -0.760. The van der Waals surface area contributed by atoms with Gasteiger partial charge in [-0.3, -0.25) is 0 Å². The van der Waals surface area contributed by atoms with Crippen LogP contribution in [0.25, 0.3) is 0 Å². The number of halogens is 2. The third-order valence-electron chi connectivity index (χ3n) is 1.94. The van der Waals surface area contributed by atoms with Gasteiger partial charge in [0, 0.05) is 10.7 Å². The molecule has 0 heterocycles. The molecule has 1 rings (SSSR count). The van der Waals surface area contributed by atoms with E-state index in [0.717, 1.165) is 0 Å². The molecule has 80 valence electrons. The summed E-state index contributed by atoms with van der Waals surface area (Å²) in [4.78, 5) is -0.0318. The van der Waals surface area contributed by atoms with Crippen molar-refractivity contribution in [1.82, 2.24) is 0 Å². The standard InChI is InChI=1S/C9H7Cl2NO2S/c1-2-7-8(15(11,13)14)4-3-6(5-12)9(7)10/h3-4H,2H2,1H3. The van der Waals surface area contributed by atoms with E-state index in [1.54, 1.807) is 6.92 Å². The van der Waals surface area contributed by atoms with Gasteiger partial charge in [-0.2, -0.15) is 5.26 Å². The number of rotatable bonds is 2. The minimum Gasteiger partial charge on any atom is -0.207 e. The summed E-state index contributed by atoms with van der Waals surface area (Å²) in [5.41, 5.74) is 0.628. The Labute approximate surface area is 97.7 Å². The van der Waals surface area contributed by atoms with Crippen LogP contribution in [0.15, 0.2) is 17.0 Å². The zero-order valence-electron chi connectivity index (χ0n) is 7.79. The topological polar surface area (TPSA) is 57.9 Å². The Kier molecular flexibility index (Phi) is 3.61. The van der Waals surface area contributed by atoms with Crippen LogP contribution in [0.1, 0.15) is 18.1 Å². The summed E-state index contributed by atoms with van der Waals surface area (Å²) >= 11 is 5.87. The lowest BCUT2D eigenvalue weighted by atomic mass is 10.1. The van der Waals surface area contributed by atoms with Crippen LogP contribution in [-0.4, -0.2) is 8.42 Å². The molecule has 0 saturated carbocycles. The van der Waals surface area contributed by atoms with Crippen LogP contribution in [0.5, 0.6) is 0 Å². The van der Waals surface area contributed by atoms with Crippen LogP contribution >= 0.6 is 22.3 Å². The smallest absolute Gasteiger partial charge is 0.207 e. The molecule has 0 aliphatic heterocycles. The number of hydrogen-bond donors (Lipinski definition) is 0. The Morgan fingerprint density at radius 2 is 2.07 bits per heavy atom. The maximum atomic E-state index is 11.2. The van der Waals surface area contributed by atoms with Crippen molar-refractivity contribution in [3.8, 4) is 6.07 Å². The normalized spacial score (nSPS) is 11.1. The molecule has 0 N–H and O–H groups in total. The van der Waals surface area contributed by atoms with Crippen molar-refractivity contribution in [2.75, 3.05) is 0 Å². The highest BCUT2D eigenvalue weighted by Gasteiger charge is 2.18. The Bertz CT molecular complexity index is 532. The fraction of sp³-hybridized carbons (Fsp3) is 0.222. The van der Waals surface area contributed by atoms with Crippen molar-refractivity contribution in [1.29, 1.82) is 5.26 Å². The molecular weight excluding hydrogens is 257 g/mol. The molecule has 0 amide bonds. The van der Waals surface area contributed by atoms with Gasteiger partial charge >= 0.3 is 0 Å². The molecule has 15 heavy (non-hydrogen) atoms. The lowest BCUT2D eigenvalue weighted by Crippen LogP contribution is -1.99. The van der Waals surface area contributed by atoms with Gasteiger partial charge < -0.3 is 0 Å². The minimum absolute atomic E-state index is 0.0318. The minimum atomic E-state index is -3.81. The Balaban J connectivity index is 3.61. The first kappa shape index (κ1) is 12.3. The molecule has 0 radical (unpaired) electrons. The van der Waals surface area contributed by atoms with Crippen LogP contribution in [-0.2, 0) is 15.5 Å². The Morgan fingerprint density at radius 1 is 1.47 bits per heavy atom. The van der Waals surface area contributed by atoms with Crippen molar-refractivity contribution in [2.24, 2.45) is 0 Å². The predicted molar refractivity (Wildman–Crippen MR) is 58.6 cm³/mol. The largest absolute Gasteiger partial charge is 0.261 e. The molecule has 0 bridgehead atoms. The summed E-state index contributed by atoms with van der Waals surface area (Å²) in [5.74, 6) is 0. The van der Waals surface area contributed by atoms with Crippen LogP contribution in [0.2, 0.25) is 5.02 Å². The van der Waals surface area contributed by atoms with Crippen molar-refractivity contribution in [3.63, 3.8) is 0 Å². The second-order valence-corrected chi connectivity index (χ2v) is 5.72. The molecule has 0 unspecified atom stereocenters. The van der Waals surface area contributed by atoms with Gasteiger partial charge in [0.2, 0.25) is 0 Å². The third kappa shape index (κ3) is 2.43. The van der Waals surface area contributed by atoms with E-state index < -0.39 is 9.05 Å². The van der Waals surface area contributed by atoms with Gasteiger partial charge in [0.05, 0.1) is 15.5 Å². The van der Waals surface area contributed by atoms with Gasteiger partial charge in [0.25, 0.3) is 9.05 Å². The molecule has 3 nitrogen and oxygen atoms in total. The maximum absolute atomic E-state index is 11.2. The highest BCUT2D eigenvalue weighted by atomic mass is 35.7. The molecule has 0 aromatic heterocycles. The maximum Gasteiger partial charge on any atom is 0.261 e. The molecule has 0 atom stereocenters. The summed E-state index contributed by atoms with van der Waals surface area (Å²) < 4.78 is 22.4. The van der Waals surface area contributed by atoms with E-state index in [2.05, 4.69) is 0 Å². The fourth-order valence-corrected chi connectivity index (χ4v) is 2.85. The fourth-order valence-electron chi connectivity index (χ4n) is 1.25. The van der Waals surface area contributed by atoms with Crippen molar-refractivity contribution in [2.45, 2.75) is 18.2 Å². The average molecular weight is 264 g/mol. The van der Waals surface area contributed by atoms with Gasteiger partial charge in [0.15, 0.2) is 0 Å². The lowest BCUT2D eigenvalue weighted by molar-refractivity contribution is 0.608. The van der Waals surface area contributed by atoms with E-state index in [9.17, 15) is 8.42 Å². The molecule has 0 aliphatic carbocycles. The summed E-state index contributed by atoms with van der Waals surface area (Å²) in [6, 6.07) is 4.52. The average Bonchev–Trinajstić information content (AvgIpc) is 2.15. The van der Waals surface area contributed by atoms with Crippen molar-refractivity contribution < 1.29 is 8.42 Å². The molecule has 1 aromatic carbocycles. The van der Waals surface area contributed by atoms with Gasteiger partial charge in [-0.25, -0.2) is 8.42 Å². The van der Waals surface area contributed by atoms with E-state index in [1.165, 1.54) is 12.1 Å². The molecule has 0 saturated heterocycles. The summed E-state index contributed by atoms with van der Waals surface area (Å²) in [5, 5.41) is 8.87.